The first kappa shape index (κ1) is 19.8. The van der Waals surface area contributed by atoms with Gasteiger partial charge in [-0.1, -0.05) is 36.4 Å². The number of carbonyl (C=O) groups excluding carboxylic acids is 2. The summed E-state index contributed by atoms with van der Waals surface area (Å²) in [7, 11) is 0. The average molecular weight is 408 g/mol. The van der Waals surface area contributed by atoms with Gasteiger partial charge in [0.1, 0.15) is 5.92 Å². The van der Waals surface area contributed by atoms with E-state index in [4.69, 9.17) is 9.73 Å². The second-order valence-electron chi connectivity index (χ2n) is 8.01. The van der Waals surface area contributed by atoms with E-state index in [9.17, 15) is 9.59 Å². The van der Waals surface area contributed by atoms with E-state index >= 15 is 0 Å². The summed E-state index contributed by atoms with van der Waals surface area (Å²) in [5.74, 6) is -0.937. The summed E-state index contributed by atoms with van der Waals surface area (Å²) in [6.07, 6.45) is 0.959. The Morgan fingerprint density at radius 3 is 2.55 bits per heavy atom. The summed E-state index contributed by atoms with van der Waals surface area (Å²) in [4.78, 5) is 32.1. The second kappa shape index (κ2) is 8.07. The molecule has 0 saturated carbocycles. The van der Waals surface area contributed by atoms with Crippen LogP contribution in [0.15, 0.2) is 64.1 Å². The molecule has 4 nitrogen and oxygen atoms in total. The lowest BCUT2D eigenvalue weighted by Crippen LogP contribution is -2.38. The lowest BCUT2D eigenvalue weighted by molar-refractivity contribution is -0.150. The molecule has 0 spiro atoms. The molecule has 2 heterocycles. The fourth-order valence-electron chi connectivity index (χ4n) is 4.41. The zero-order chi connectivity index (χ0) is 20.5. The quantitative estimate of drug-likeness (QED) is 0.649. The van der Waals surface area contributed by atoms with E-state index in [0.29, 0.717) is 12.0 Å². The van der Waals surface area contributed by atoms with Gasteiger partial charge >= 0.3 is 5.97 Å². The number of aliphatic imine (C=N–C) groups is 1. The van der Waals surface area contributed by atoms with Crippen LogP contribution in [0.2, 0.25) is 0 Å². The van der Waals surface area contributed by atoms with Crippen molar-refractivity contribution in [1.82, 2.24) is 0 Å². The summed E-state index contributed by atoms with van der Waals surface area (Å²) in [5.41, 5.74) is 3.43. The van der Waals surface area contributed by atoms with Crippen LogP contribution in [-0.4, -0.2) is 23.6 Å². The van der Waals surface area contributed by atoms with Gasteiger partial charge in [0, 0.05) is 34.2 Å². The molecular formula is C24H25NO3S. The monoisotopic (exact) mass is 407 g/mol. The highest BCUT2D eigenvalue weighted by molar-refractivity contribution is 7.10. The number of allylic oxidation sites excluding steroid dienone is 2. The highest BCUT2D eigenvalue weighted by Gasteiger charge is 2.45. The Bertz CT molecular complexity index is 973. The predicted molar refractivity (Wildman–Crippen MR) is 115 cm³/mol. The van der Waals surface area contributed by atoms with Gasteiger partial charge in [-0.15, -0.1) is 11.3 Å². The molecule has 150 valence electrons. The van der Waals surface area contributed by atoms with Gasteiger partial charge in [0.15, 0.2) is 5.78 Å². The van der Waals surface area contributed by atoms with Crippen molar-refractivity contribution >= 4 is 28.8 Å². The van der Waals surface area contributed by atoms with Crippen LogP contribution in [0.25, 0.3) is 0 Å². The zero-order valence-electron chi connectivity index (χ0n) is 16.9. The molecule has 1 aromatic heterocycles. The Morgan fingerprint density at radius 2 is 1.90 bits per heavy atom. The first-order chi connectivity index (χ1) is 14.0. The maximum Gasteiger partial charge on any atom is 0.315 e. The number of benzene rings is 1. The van der Waals surface area contributed by atoms with Gasteiger partial charge in [-0.05, 0) is 50.1 Å². The smallest absolute Gasteiger partial charge is 0.315 e. The van der Waals surface area contributed by atoms with E-state index < -0.39 is 5.92 Å². The maximum atomic E-state index is 13.3. The van der Waals surface area contributed by atoms with Gasteiger partial charge in [0.25, 0.3) is 0 Å². The van der Waals surface area contributed by atoms with Crippen molar-refractivity contribution in [3.63, 3.8) is 0 Å². The highest BCUT2D eigenvalue weighted by Crippen LogP contribution is 2.47. The lowest BCUT2D eigenvalue weighted by atomic mass is 9.71. The van der Waals surface area contributed by atoms with E-state index in [-0.39, 0.29) is 29.7 Å². The predicted octanol–water partition coefficient (Wildman–Crippen LogP) is 5.27. The number of rotatable bonds is 4. The Kier molecular flexibility index (Phi) is 5.50. The summed E-state index contributed by atoms with van der Waals surface area (Å²) in [5, 5.41) is 1.99. The number of Topliss-reactive ketones (excluding diaryl/α,β-unsaturated/α-hetero) is 1. The lowest BCUT2D eigenvalue weighted by Gasteiger charge is -2.36. The molecule has 0 fully saturated rings. The number of nitrogens with zero attached hydrogens (tertiary/aromatic N) is 1. The number of thiophene rings is 1. The third-order valence-electron chi connectivity index (χ3n) is 5.62. The van der Waals surface area contributed by atoms with Gasteiger partial charge in [0.05, 0.1) is 6.10 Å². The Labute approximate surface area is 175 Å². The fourth-order valence-corrected chi connectivity index (χ4v) is 5.28. The molecule has 29 heavy (non-hydrogen) atoms. The number of carbonyl (C=O) groups is 2. The van der Waals surface area contributed by atoms with Crippen LogP contribution in [0.3, 0.4) is 0 Å². The van der Waals surface area contributed by atoms with Crippen molar-refractivity contribution in [2.45, 2.75) is 51.6 Å². The minimum Gasteiger partial charge on any atom is -0.462 e. The molecule has 0 saturated heterocycles. The van der Waals surface area contributed by atoms with Crippen LogP contribution in [0.5, 0.6) is 0 Å². The first-order valence-electron chi connectivity index (χ1n) is 10.1. The molecule has 1 aliphatic carbocycles. The molecule has 5 heteroatoms. The number of hydrogen-bond donors (Lipinski definition) is 0. The molecule has 0 radical (unpaired) electrons. The van der Waals surface area contributed by atoms with Crippen LogP contribution in [0, 0.1) is 5.92 Å². The van der Waals surface area contributed by atoms with E-state index in [1.807, 2.05) is 56.5 Å². The summed E-state index contributed by atoms with van der Waals surface area (Å²) in [6.45, 7) is 5.57. The zero-order valence-corrected chi connectivity index (χ0v) is 17.7. The SMILES string of the molecule is CC1=NC2=C(C(=O)C[C@H](c3ccccc3)C2)[C@@H](c2cccs2)C1C(=O)OC(C)C. The molecule has 0 N–H and O–H groups in total. The Balaban J connectivity index is 1.76. The van der Waals surface area contributed by atoms with Crippen LogP contribution >= 0.6 is 11.3 Å². The molecule has 1 aromatic carbocycles. The van der Waals surface area contributed by atoms with Gasteiger partial charge in [-0.25, -0.2) is 0 Å². The van der Waals surface area contributed by atoms with Crippen molar-refractivity contribution < 1.29 is 14.3 Å². The van der Waals surface area contributed by atoms with E-state index in [2.05, 4.69) is 12.1 Å². The third kappa shape index (κ3) is 3.84. The van der Waals surface area contributed by atoms with Gasteiger partial charge in [-0.2, -0.15) is 0 Å². The molecule has 1 unspecified atom stereocenters. The molecule has 1 aliphatic heterocycles. The second-order valence-corrected chi connectivity index (χ2v) is 8.99. The number of esters is 1. The van der Waals surface area contributed by atoms with Crippen molar-refractivity contribution in [1.29, 1.82) is 0 Å². The first-order valence-corrected chi connectivity index (χ1v) is 10.9. The third-order valence-corrected chi connectivity index (χ3v) is 6.57. The topological polar surface area (TPSA) is 55.7 Å². The maximum absolute atomic E-state index is 13.3. The molecule has 0 bridgehead atoms. The summed E-state index contributed by atoms with van der Waals surface area (Å²) in [6, 6.07) is 14.1. The van der Waals surface area contributed by atoms with Gasteiger partial charge in [0.2, 0.25) is 0 Å². The van der Waals surface area contributed by atoms with E-state index in [1.165, 1.54) is 0 Å². The minimum atomic E-state index is -0.549. The van der Waals surface area contributed by atoms with Crippen LogP contribution in [0.1, 0.15) is 55.9 Å². The largest absolute Gasteiger partial charge is 0.462 e. The molecule has 4 rings (SSSR count). The molecule has 2 aliphatic rings. The summed E-state index contributed by atoms with van der Waals surface area (Å²) < 4.78 is 5.54. The van der Waals surface area contributed by atoms with E-state index in [1.54, 1.807) is 11.3 Å². The van der Waals surface area contributed by atoms with Crippen LogP contribution in [-0.2, 0) is 14.3 Å². The molecule has 0 amide bonds. The Morgan fingerprint density at radius 1 is 1.14 bits per heavy atom. The van der Waals surface area contributed by atoms with Crippen LogP contribution < -0.4 is 0 Å². The summed E-state index contributed by atoms with van der Waals surface area (Å²) >= 11 is 1.58. The van der Waals surface area contributed by atoms with Gasteiger partial charge < -0.3 is 4.74 Å². The highest BCUT2D eigenvalue weighted by atomic mass is 32.1. The van der Waals surface area contributed by atoms with Crippen molar-refractivity contribution in [3.8, 4) is 0 Å². The Hall–Kier alpha value is -2.53. The number of hydrogen-bond acceptors (Lipinski definition) is 5. The van der Waals surface area contributed by atoms with Gasteiger partial charge in [-0.3, -0.25) is 14.6 Å². The normalized spacial score (nSPS) is 24.3. The number of ether oxygens (including phenoxy) is 1. The fraction of sp³-hybridized carbons (Fsp3) is 0.375. The minimum absolute atomic E-state index is 0.0945. The number of ketones is 1. The van der Waals surface area contributed by atoms with Crippen LogP contribution in [0.4, 0.5) is 0 Å². The standard InChI is InChI=1S/C24H25NO3S/c1-14(2)28-24(27)21-15(3)25-18-12-17(16-8-5-4-6-9-16)13-19(26)22(18)23(21)20-10-7-11-29-20/h4-11,14,17,21,23H,12-13H2,1-3H3/t17-,21?,23+/m1/s1. The molecular weight excluding hydrogens is 382 g/mol. The van der Waals surface area contributed by atoms with Crippen molar-refractivity contribution in [2.75, 3.05) is 0 Å². The van der Waals surface area contributed by atoms with E-state index in [0.717, 1.165) is 28.3 Å². The van der Waals surface area contributed by atoms with Crippen molar-refractivity contribution in [2.24, 2.45) is 10.9 Å². The molecule has 2 aromatic rings. The molecule has 3 atom stereocenters. The average Bonchev–Trinajstić information content (AvgIpc) is 3.21. The van der Waals surface area contributed by atoms with Crippen molar-refractivity contribution in [3.05, 3.63) is 69.6 Å².